The zero-order valence-electron chi connectivity index (χ0n) is 11.7. The van der Waals surface area contributed by atoms with Gasteiger partial charge in [-0.3, -0.25) is 4.79 Å². The minimum Gasteiger partial charge on any atom is -0.504 e. The lowest BCUT2D eigenvalue weighted by Crippen LogP contribution is -2.38. The molecule has 0 radical (unpaired) electrons. The number of halogens is 1. The van der Waals surface area contributed by atoms with Crippen molar-refractivity contribution in [3.8, 4) is 11.5 Å². The topological polar surface area (TPSA) is 66.8 Å². The van der Waals surface area contributed by atoms with Crippen LogP contribution in [0.4, 0.5) is 4.39 Å². The van der Waals surface area contributed by atoms with Gasteiger partial charge in [0.1, 0.15) is 0 Å². The number of carboxylic acid groups (broad SMARTS) is 1. The standard InChI is InChI=1S/C15H19FO4/c1-9-8-10(16)13(20-2)12(17)11(9)15(14(18)19)6-4-3-5-7-15/h8,17H,3-7H2,1-2H3,(H,18,19). The summed E-state index contributed by atoms with van der Waals surface area (Å²) < 4.78 is 18.6. The number of methoxy groups -OCH3 is 1. The molecule has 0 saturated heterocycles. The van der Waals surface area contributed by atoms with E-state index in [1.165, 1.54) is 13.2 Å². The average Bonchev–Trinajstić information content (AvgIpc) is 2.39. The highest BCUT2D eigenvalue weighted by Crippen LogP contribution is 2.48. The highest BCUT2D eigenvalue weighted by molar-refractivity contribution is 5.84. The lowest BCUT2D eigenvalue weighted by molar-refractivity contribution is -0.145. The maximum atomic E-state index is 13.8. The van der Waals surface area contributed by atoms with E-state index in [9.17, 15) is 19.4 Å². The van der Waals surface area contributed by atoms with Gasteiger partial charge in [-0.05, 0) is 31.4 Å². The number of carboxylic acids is 1. The Morgan fingerprint density at radius 3 is 2.45 bits per heavy atom. The second kappa shape index (κ2) is 5.31. The molecule has 2 N–H and O–H groups in total. The van der Waals surface area contributed by atoms with Gasteiger partial charge in [0.15, 0.2) is 17.3 Å². The number of benzene rings is 1. The van der Waals surface area contributed by atoms with Crippen molar-refractivity contribution in [1.29, 1.82) is 0 Å². The summed E-state index contributed by atoms with van der Waals surface area (Å²) >= 11 is 0. The van der Waals surface area contributed by atoms with Crippen molar-refractivity contribution in [2.24, 2.45) is 0 Å². The predicted molar refractivity (Wildman–Crippen MR) is 71.8 cm³/mol. The van der Waals surface area contributed by atoms with Crippen LogP contribution >= 0.6 is 0 Å². The first-order valence-electron chi connectivity index (χ1n) is 6.74. The molecule has 0 unspecified atom stereocenters. The molecule has 1 aromatic carbocycles. The molecule has 4 nitrogen and oxygen atoms in total. The van der Waals surface area contributed by atoms with E-state index in [4.69, 9.17) is 4.74 Å². The van der Waals surface area contributed by atoms with Crippen LogP contribution in [-0.4, -0.2) is 23.3 Å². The van der Waals surface area contributed by atoms with Crippen molar-refractivity contribution in [1.82, 2.24) is 0 Å². The molecule has 1 aliphatic carbocycles. The third-order valence-corrected chi connectivity index (χ3v) is 4.21. The summed E-state index contributed by atoms with van der Waals surface area (Å²) in [6, 6.07) is 1.23. The van der Waals surface area contributed by atoms with E-state index < -0.39 is 17.2 Å². The van der Waals surface area contributed by atoms with Gasteiger partial charge in [0.25, 0.3) is 0 Å². The normalized spacial score (nSPS) is 17.8. The molecule has 1 saturated carbocycles. The zero-order valence-corrected chi connectivity index (χ0v) is 11.7. The maximum absolute atomic E-state index is 13.8. The average molecular weight is 282 g/mol. The molecule has 20 heavy (non-hydrogen) atoms. The first-order valence-corrected chi connectivity index (χ1v) is 6.74. The number of rotatable bonds is 3. The summed E-state index contributed by atoms with van der Waals surface area (Å²) in [5.74, 6) is -2.31. The summed E-state index contributed by atoms with van der Waals surface area (Å²) in [6.07, 6.45) is 3.44. The van der Waals surface area contributed by atoms with Crippen LogP contribution in [0.2, 0.25) is 0 Å². The molecule has 0 atom stereocenters. The molecule has 0 amide bonds. The van der Waals surface area contributed by atoms with Gasteiger partial charge < -0.3 is 14.9 Å². The van der Waals surface area contributed by atoms with Crippen molar-refractivity contribution >= 4 is 5.97 Å². The smallest absolute Gasteiger partial charge is 0.314 e. The fraction of sp³-hybridized carbons (Fsp3) is 0.533. The van der Waals surface area contributed by atoms with Crippen LogP contribution in [0.15, 0.2) is 6.07 Å². The molecule has 1 aliphatic rings. The number of ether oxygens (including phenoxy) is 1. The molecule has 0 heterocycles. The van der Waals surface area contributed by atoms with Crippen molar-refractivity contribution in [2.45, 2.75) is 44.4 Å². The number of phenols is 1. The fourth-order valence-electron chi connectivity index (χ4n) is 3.27. The molecule has 0 bridgehead atoms. The SMILES string of the molecule is COc1c(F)cc(C)c(C2(C(=O)O)CCCCC2)c1O. The molecule has 110 valence electrons. The lowest BCUT2D eigenvalue weighted by Gasteiger charge is -2.35. The predicted octanol–water partition coefficient (Wildman–Crippen LogP) is 3.13. The number of aliphatic carboxylic acids is 1. The quantitative estimate of drug-likeness (QED) is 0.893. The van der Waals surface area contributed by atoms with E-state index in [2.05, 4.69) is 0 Å². The molecule has 2 rings (SSSR count). The molecular formula is C15H19FO4. The first kappa shape index (κ1) is 14.6. The zero-order chi connectivity index (χ0) is 14.9. The number of aromatic hydroxyl groups is 1. The van der Waals surface area contributed by atoms with Gasteiger partial charge in [-0.2, -0.15) is 0 Å². The van der Waals surface area contributed by atoms with Crippen LogP contribution in [-0.2, 0) is 10.2 Å². The Kier molecular flexibility index (Phi) is 3.88. The van der Waals surface area contributed by atoms with Crippen LogP contribution in [0.3, 0.4) is 0 Å². The van der Waals surface area contributed by atoms with Crippen molar-refractivity contribution in [2.75, 3.05) is 7.11 Å². The number of carbonyl (C=O) groups is 1. The summed E-state index contributed by atoms with van der Waals surface area (Å²) in [5.41, 5.74) is -0.402. The largest absolute Gasteiger partial charge is 0.504 e. The molecule has 0 spiro atoms. The Bertz CT molecular complexity index is 533. The maximum Gasteiger partial charge on any atom is 0.314 e. The Balaban J connectivity index is 2.68. The molecular weight excluding hydrogens is 263 g/mol. The van der Waals surface area contributed by atoms with Gasteiger partial charge in [-0.25, -0.2) is 4.39 Å². The molecule has 0 aliphatic heterocycles. The van der Waals surface area contributed by atoms with E-state index in [1.54, 1.807) is 6.92 Å². The van der Waals surface area contributed by atoms with Gasteiger partial charge in [0, 0.05) is 5.56 Å². The minimum absolute atomic E-state index is 0.281. The summed E-state index contributed by atoms with van der Waals surface area (Å²) in [4.78, 5) is 11.8. The lowest BCUT2D eigenvalue weighted by atomic mass is 9.68. The molecule has 0 aromatic heterocycles. The van der Waals surface area contributed by atoms with E-state index >= 15 is 0 Å². The Labute approximate surface area is 117 Å². The fourth-order valence-corrected chi connectivity index (χ4v) is 3.27. The Morgan fingerprint density at radius 1 is 1.35 bits per heavy atom. The monoisotopic (exact) mass is 282 g/mol. The van der Waals surface area contributed by atoms with Gasteiger partial charge in [0.05, 0.1) is 12.5 Å². The third kappa shape index (κ3) is 2.11. The number of phenolic OH excluding ortho intramolecular Hbond substituents is 1. The van der Waals surface area contributed by atoms with E-state index in [-0.39, 0.29) is 11.5 Å². The first-order chi connectivity index (χ1) is 9.44. The van der Waals surface area contributed by atoms with Crippen LogP contribution in [0.1, 0.15) is 43.2 Å². The Morgan fingerprint density at radius 2 is 1.95 bits per heavy atom. The van der Waals surface area contributed by atoms with Crippen molar-refractivity contribution in [3.05, 3.63) is 23.0 Å². The van der Waals surface area contributed by atoms with Crippen molar-refractivity contribution < 1.29 is 24.1 Å². The second-order valence-corrected chi connectivity index (χ2v) is 5.38. The number of hydrogen-bond donors (Lipinski definition) is 2. The highest BCUT2D eigenvalue weighted by atomic mass is 19.1. The van der Waals surface area contributed by atoms with E-state index in [0.29, 0.717) is 24.0 Å². The molecule has 1 aromatic rings. The van der Waals surface area contributed by atoms with Gasteiger partial charge >= 0.3 is 5.97 Å². The Hall–Kier alpha value is -1.78. The molecule has 5 heteroatoms. The van der Waals surface area contributed by atoms with Crippen LogP contribution in [0.5, 0.6) is 11.5 Å². The van der Waals surface area contributed by atoms with Crippen LogP contribution < -0.4 is 4.74 Å². The number of aryl methyl sites for hydroxylation is 1. The molecule has 1 fully saturated rings. The van der Waals surface area contributed by atoms with Crippen molar-refractivity contribution in [3.63, 3.8) is 0 Å². The van der Waals surface area contributed by atoms with Gasteiger partial charge in [-0.1, -0.05) is 19.3 Å². The van der Waals surface area contributed by atoms with E-state index in [1.807, 2.05) is 0 Å². The van der Waals surface area contributed by atoms with E-state index in [0.717, 1.165) is 19.3 Å². The van der Waals surface area contributed by atoms with Gasteiger partial charge in [0.2, 0.25) is 0 Å². The summed E-state index contributed by atoms with van der Waals surface area (Å²) in [6.45, 7) is 1.62. The van der Waals surface area contributed by atoms with Crippen LogP contribution in [0.25, 0.3) is 0 Å². The highest BCUT2D eigenvalue weighted by Gasteiger charge is 2.45. The third-order valence-electron chi connectivity index (χ3n) is 4.21. The number of hydrogen-bond acceptors (Lipinski definition) is 3. The minimum atomic E-state index is -1.15. The van der Waals surface area contributed by atoms with Gasteiger partial charge in [-0.15, -0.1) is 0 Å². The summed E-state index contributed by atoms with van der Waals surface area (Å²) in [7, 11) is 1.26. The second-order valence-electron chi connectivity index (χ2n) is 5.38. The summed E-state index contributed by atoms with van der Waals surface area (Å²) in [5, 5.41) is 20.0. The van der Waals surface area contributed by atoms with Crippen LogP contribution in [0, 0.1) is 12.7 Å².